The van der Waals surface area contributed by atoms with Crippen molar-refractivity contribution in [1.29, 1.82) is 0 Å². The Hall–Kier alpha value is -2.28. The molecule has 2 aromatic rings. The zero-order valence-corrected chi connectivity index (χ0v) is 14.7. The molecule has 25 heavy (non-hydrogen) atoms. The Balaban J connectivity index is 2.10. The van der Waals surface area contributed by atoms with Gasteiger partial charge < -0.3 is 21.1 Å². The molecule has 0 heterocycles. The number of carboxylic acids is 1. The lowest BCUT2D eigenvalue weighted by Crippen LogP contribution is -2.38. The largest absolute Gasteiger partial charge is 0.478 e. The maximum Gasteiger partial charge on any atom is 0.335 e. The van der Waals surface area contributed by atoms with Crippen LogP contribution in [0.5, 0.6) is 0 Å². The molecule has 2 amide bonds. The highest BCUT2D eigenvalue weighted by Gasteiger charge is 2.14. The second-order valence-electron chi connectivity index (χ2n) is 5.30. The van der Waals surface area contributed by atoms with E-state index in [2.05, 4.69) is 5.32 Å². The van der Waals surface area contributed by atoms with E-state index in [4.69, 9.17) is 34.0 Å². The van der Waals surface area contributed by atoms with Crippen molar-refractivity contribution in [1.82, 2.24) is 4.90 Å². The minimum absolute atomic E-state index is 0.187. The summed E-state index contributed by atoms with van der Waals surface area (Å²) in [5, 5.41) is 12.5. The van der Waals surface area contributed by atoms with Crippen molar-refractivity contribution >= 4 is 40.9 Å². The average molecular weight is 382 g/mol. The highest BCUT2D eigenvalue weighted by atomic mass is 35.5. The molecule has 0 radical (unpaired) electrons. The van der Waals surface area contributed by atoms with Crippen molar-refractivity contribution in [2.45, 2.75) is 6.54 Å². The molecule has 4 N–H and O–H groups in total. The van der Waals surface area contributed by atoms with Gasteiger partial charge in [-0.25, -0.2) is 9.59 Å². The third-order valence-corrected chi connectivity index (χ3v) is 3.81. The second-order valence-corrected chi connectivity index (χ2v) is 6.17. The van der Waals surface area contributed by atoms with Gasteiger partial charge in [0.2, 0.25) is 0 Å². The molecule has 132 valence electrons. The highest BCUT2D eigenvalue weighted by molar-refractivity contribution is 6.35. The number of aromatic carboxylic acids is 1. The summed E-state index contributed by atoms with van der Waals surface area (Å²) in [6.07, 6.45) is 0. The number of hydrogen-bond acceptors (Lipinski definition) is 3. The number of anilines is 1. The lowest BCUT2D eigenvalue weighted by molar-refractivity contribution is 0.0697. The third kappa shape index (κ3) is 5.63. The van der Waals surface area contributed by atoms with Crippen LogP contribution >= 0.6 is 23.2 Å². The van der Waals surface area contributed by atoms with Crippen molar-refractivity contribution in [3.05, 3.63) is 63.6 Å². The Morgan fingerprint density at radius 3 is 2.20 bits per heavy atom. The number of carboxylic acid groups (broad SMARTS) is 1. The van der Waals surface area contributed by atoms with Crippen molar-refractivity contribution in [2.24, 2.45) is 5.73 Å². The van der Waals surface area contributed by atoms with Crippen molar-refractivity contribution in [2.75, 3.05) is 18.4 Å². The number of rotatable bonds is 6. The van der Waals surface area contributed by atoms with E-state index >= 15 is 0 Å². The molecule has 0 fully saturated rings. The maximum atomic E-state index is 12.5. The first-order valence-corrected chi connectivity index (χ1v) is 8.19. The molecule has 0 atom stereocenters. The van der Waals surface area contributed by atoms with Gasteiger partial charge >= 0.3 is 12.0 Å². The van der Waals surface area contributed by atoms with Gasteiger partial charge in [-0.2, -0.15) is 0 Å². The van der Waals surface area contributed by atoms with E-state index in [-0.39, 0.29) is 24.7 Å². The SMILES string of the molecule is NCCN(Cc1ccc(C(=O)O)cc1)C(=O)Nc1cc(Cl)cc(Cl)c1. The smallest absolute Gasteiger partial charge is 0.335 e. The topological polar surface area (TPSA) is 95.7 Å². The van der Waals surface area contributed by atoms with E-state index < -0.39 is 5.97 Å². The third-order valence-electron chi connectivity index (χ3n) is 3.37. The molecular weight excluding hydrogens is 365 g/mol. The lowest BCUT2D eigenvalue weighted by Gasteiger charge is -2.23. The predicted molar refractivity (Wildman–Crippen MR) is 98.3 cm³/mol. The van der Waals surface area contributed by atoms with E-state index in [1.807, 2.05) is 0 Å². The molecule has 0 bridgehead atoms. The number of benzene rings is 2. The van der Waals surface area contributed by atoms with Gasteiger partial charge in [-0.05, 0) is 35.9 Å². The lowest BCUT2D eigenvalue weighted by atomic mass is 10.1. The first-order chi connectivity index (χ1) is 11.9. The van der Waals surface area contributed by atoms with E-state index in [9.17, 15) is 9.59 Å². The first kappa shape index (κ1) is 19.1. The number of nitrogens with one attached hydrogen (secondary N) is 1. The fraction of sp³-hybridized carbons (Fsp3) is 0.176. The number of urea groups is 1. The summed E-state index contributed by atoms with van der Waals surface area (Å²) in [7, 11) is 0. The normalized spacial score (nSPS) is 10.4. The summed E-state index contributed by atoms with van der Waals surface area (Å²) in [6.45, 7) is 0.912. The van der Waals surface area contributed by atoms with Crippen LogP contribution in [0.2, 0.25) is 10.0 Å². The Morgan fingerprint density at radius 1 is 1.08 bits per heavy atom. The van der Waals surface area contributed by atoms with Crippen LogP contribution < -0.4 is 11.1 Å². The van der Waals surface area contributed by atoms with Crippen molar-refractivity contribution in [3.8, 4) is 0 Å². The number of hydrogen-bond donors (Lipinski definition) is 3. The molecule has 0 saturated heterocycles. The number of halogens is 2. The summed E-state index contributed by atoms with van der Waals surface area (Å²) in [5.74, 6) is -0.999. The molecule has 0 aromatic heterocycles. The monoisotopic (exact) mass is 381 g/mol. The van der Waals surface area contributed by atoms with Gasteiger partial charge in [-0.3, -0.25) is 0 Å². The average Bonchev–Trinajstić information content (AvgIpc) is 2.54. The second kappa shape index (κ2) is 8.71. The van der Waals surface area contributed by atoms with E-state index in [0.717, 1.165) is 5.56 Å². The van der Waals surface area contributed by atoms with Crippen LogP contribution in [0, 0.1) is 0 Å². The summed E-state index contributed by atoms with van der Waals surface area (Å²) in [4.78, 5) is 24.9. The van der Waals surface area contributed by atoms with Crippen molar-refractivity contribution < 1.29 is 14.7 Å². The minimum Gasteiger partial charge on any atom is -0.478 e. The molecule has 0 unspecified atom stereocenters. The summed E-state index contributed by atoms with van der Waals surface area (Å²) < 4.78 is 0. The van der Waals surface area contributed by atoms with E-state index in [0.29, 0.717) is 22.3 Å². The van der Waals surface area contributed by atoms with Gasteiger partial charge in [0.05, 0.1) is 5.56 Å². The van der Waals surface area contributed by atoms with Gasteiger partial charge in [-0.15, -0.1) is 0 Å². The van der Waals surface area contributed by atoms with Crippen LogP contribution in [0.25, 0.3) is 0 Å². The molecule has 8 heteroatoms. The van der Waals surface area contributed by atoms with Gasteiger partial charge in [0.25, 0.3) is 0 Å². The Labute approximate surface area is 155 Å². The number of carbonyl (C=O) groups is 2. The molecule has 2 aromatic carbocycles. The number of nitrogens with zero attached hydrogens (tertiary/aromatic N) is 1. The Kier molecular flexibility index (Phi) is 6.64. The van der Waals surface area contributed by atoms with Gasteiger partial charge in [0.1, 0.15) is 0 Å². The summed E-state index contributed by atoms with van der Waals surface area (Å²) >= 11 is 11.9. The van der Waals surface area contributed by atoms with Crippen molar-refractivity contribution in [3.63, 3.8) is 0 Å². The molecular formula is C17H17Cl2N3O3. The summed E-state index contributed by atoms with van der Waals surface area (Å²) in [5.41, 5.74) is 7.04. The molecule has 0 saturated carbocycles. The van der Waals surface area contributed by atoms with Crippen LogP contribution in [-0.4, -0.2) is 35.1 Å². The fourth-order valence-electron chi connectivity index (χ4n) is 2.21. The standard InChI is InChI=1S/C17H17Cl2N3O3/c18-13-7-14(19)9-15(8-13)21-17(25)22(6-5-20)10-11-1-3-12(4-2-11)16(23)24/h1-4,7-9H,5-6,10,20H2,(H,21,25)(H,23,24). The van der Waals surface area contributed by atoms with E-state index in [1.54, 1.807) is 30.3 Å². The Bertz CT molecular complexity index is 746. The molecule has 2 rings (SSSR count). The maximum absolute atomic E-state index is 12.5. The van der Waals surface area contributed by atoms with Crippen LogP contribution in [0.15, 0.2) is 42.5 Å². The molecule has 0 aliphatic heterocycles. The highest BCUT2D eigenvalue weighted by Crippen LogP contribution is 2.22. The quantitative estimate of drug-likeness (QED) is 0.710. The summed E-state index contributed by atoms with van der Waals surface area (Å²) in [6, 6.07) is 10.7. The predicted octanol–water partition coefficient (Wildman–Crippen LogP) is 3.68. The zero-order valence-electron chi connectivity index (χ0n) is 13.2. The van der Waals surface area contributed by atoms with Gasteiger partial charge in [0.15, 0.2) is 0 Å². The first-order valence-electron chi connectivity index (χ1n) is 7.43. The molecule has 0 spiro atoms. The van der Waals surface area contributed by atoms with Gasteiger partial charge in [0, 0.05) is 35.4 Å². The van der Waals surface area contributed by atoms with Crippen LogP contribution in [0.1, 0.15) is 15.9 Å². The van der Waals surface area contributed by atoms with Crippen LogP contribution in [0.4, 0.5) is 10.5 Å². The van der Waals surface area contributed by atoms with Crippen LogP contribution in [-0.2, 0) is 6.54 Å². The molecule has 6 nitrogen and oxygen atoms in total. The zero-order chi connectivity index (χ0) is 18.4. The molecule has 0 aliphatic rings. The number of nitrogens with two attached hydrogens (primary N) is 1. The number of amides is 2. The van der Waals surface area contributed by atoms with Crippen LogP contribution in [0.3, 0.4) is 0 Å². The fourth-order valence-corrected chi connectivity index (χ4v) is 2.74. The molecule has 0 aliphatic carbocycles. The van der Waals surface area contributed by atoms with Gasteiger partial charge in [-0.1, -0.05) is 35.3 Å². The Morgan fingerprint density at radius 2 is 1.68 bits per heavy atom. The number of carbonyl (C=O) groups excluding carboxylic acids is 1. The van der Waals surface area contributed by atoms with E-state index in [1.165, 1.54) is 17.0 Å². The minimum atomic E-state index is -0.999.